The van der Waals surface area contributed by atoms with Crippen molar-refractivity contribution in [1.82, 2.24) is 0 Å². The summed E-state index contributed by atoms with van der Waals surface area (Å²) in [6.45, 7) is 0. The average molecular weight is 271 g/mol. The van der Waals surface area contributed by atoms with E-state index >= 15 is 0 Å². The van der Waals surface area contributed by atoms with Gasteiger partial charge in [-0.15, -0.1) is 0 Å². The number of carboxylic acid groups (broad SMARTS) is 3. The van der Waals surface area contributed by atoms with Crippen LogP contribution in [0.2, 0.25) is 0 Å². The van der Waals surface area contributed by atoms with Gasteiger partial charge in [0.2, 0.25) is 20.9 Å². The molecule has 0 saturated carbocycles. The van der Waals surface area contributed by atoms with E-state index < -0.39 is 45.2 Å². The van der Waals surface area contributed by atoms with Gasteiger partial charge in [0.1, 0.15) is 0 Å². The van der Waals surface area contributed by atoms with Gasteiger partial charge in [-0.1, -0.05) is 0 Å². The van der Waals surface area contributed by atoms with Crippen molar-refractivity contribution < 1.29 is 43.2 Å². The highest BCUT2D eigenvalue weighted by Crippen LogP contribution is 2.21. The van der Waals surface area contributed by atoms with Gasteiger partial charge in [0.25, 0.3) is 0 Å². The van der Waals surface area contributed by atoms with Crippen LogP contribution in [0.15, 0.2) is 0 Å². The molecule has 0 aliphatic carbocycles. The van der Waals surface area contributed by atoms with Crippen molar-refractivity contribution in [1.29, 1.82) is 0 Å². The first-order valence-corrected chi connectivity index (χ1v) is 5.46. The van der Waals surface area contributed by atoms with Crippen molar-refractivity contribution in [3.8, 4) is 0 Å². The molecule has 0 heterocycles. The number of carboxylic acids is 3. The first-order valence-electron chi connectivity index (χ1n) is 3.85. The molecular weight excluding hydrogens is 262 g/mol. The average Bonchev–Trinajstić information content (AvgIpc) is 1.96. The van der Waals surface area contributed by atoms with E-state index in [0.717, 1.165) is 0 Å². The van der Waals surface area contributed by atoms with Crippen molar-refractivity contribution in [3.63, 3.8) is 0 Å². The Morgan fingerprint density at radius 1 is 1.18 bits per heavy atom. The van der Waals surface area contributed by atoms with Gasteiger partial charge in [-0.05, 0) is 0 Å². The fourth-order valence-electron chi connectivity index (χ4n) is 1.13. The molecule has 6 N–H and O–H groups in total. The van der Waals surface area contributed by atoms with Crippen molar-refractivity contribution in [2.24, 2.45) is 5.14 Å². The Hall–Kier alpha value is -1.72. The zero-order valence-corrected chi connectivity index (χ0v) is 8.92. The lowest BCUT2D eigenvalue weighted by molar-refractivity contribution is -0.169. The largest absolute Gasteiger partial charge is 0.481 e. The minimum Gasteiger partial charge on any atom is -0.481 e. The summed E-state index contributed by atoms with van der Waals surface area (Å²) >= 11 is 0. The summed E-state index contributed by atoms with van der Waals surface area (Å²) in [5.74, 6) is -6.48. The molecule has 11 heteroatoms. The second-order valence-electron chi connectivity index (χ2n) is 3.11. The van der Waals surface area contributed by atoms with Crippen molar-refractivity contribution >= 4 is 27.9 Å². The van der Waals surface area contributed by atoms with Gasteiger partial charge in [0.15, 0.2) is 0 Å². The summed E-state index contributed by atoms with van der Waals surface area (Å²) < 4.78 is 21.8. The van der Waals surface area contributed by atoms with Gasteiger partial charge in [-0.2, -0.15) is 0 Å². The first kappa shape index (κ1) is 15.3. The van der Waals surface area contributed by atoms with Crippen LogP contribution in [0.25, 0.3) is 0 Å². The summed E-state index contributed by atoms with van der Waals surface area (Å²) in [5, 5.41) is 36.3. The summed E-state index contributed by atoms with van der Waals surface area (Å²) in [6, 6.07) is 0. The predicted octanol–water partition coefficient (Wildman–Crippen LogP) is -2.98. The molecule has 0 saturated heterocycles. The van der Waals surface area contributed by atoms with Gasteiger partial charge in [-0.3, -0.25) is 9.59 Å². The highest BCUT2D eigenvalue weighted by atomic mass is 32.2. The summed E-state index contributed by atoms with van der Waals surface area (Å²) in [7, 11) is -5.01. The molecule has 0 aromatic carbocycles. The molecule has 0 aromatic heterocycles. The zero-order chi connectivity index (χ0) is 14.0. The van der Waals surface area contributed by atoms with Gasteiger partial charge < -0.3 is 20.4 Å². The fraction of sp³-hybridized carbons (Fsp3) is 0.500. The molecule has 98 valence electrons. The van der Waals surface area contributed by atoms with Crippen LogP contribution >= 0.6 is 0 Å². The Morgan fingerprint density at radius 2 is 1.59 bits per heavy atom. The second-order valence-corrected chi connectivity index (χ2v) is 4.76. The van der Waals surface area contributed by atoms with Gasteiger partial charge in [0, 0.05) is 0 Å². The predicted molar refractivity (Wildman–Crippen MR) is 49.4 cm³/mol. The molecule has 0 bridgehead atoms. The molecule has 2 unspecified atom stereocenters. The third kappa shape index (κ3) is 3.37. The third-order valence-electron chi connectivity index (χ3n) is 1.78. The lowest BCUT2D eigenvalue weighted by Crippen LogP contribution is -2.59. The van der Waals surface area contributed by atoms with Crippen LogP contribution in [-0.4, -0.2) is 57.6 Å². The van der Waals surface area contributed by atoms with E-state index in [4.69, 9.17) is 15.3 Å². The molecule has 0 aromatic rings. The number of nitrogens with two attached hydrogens (primary N) is 1. The topological polar surface area (TPSA) is 192 Å². The van der Waals surface area contributed by atoms with E-state index in [-0.39, 0.29) is 0 Å². The second kappa shape index (κ2) is 4.65. The number of carbonyl (C=O) groups is 3. The van der Waals surface area contributed by atoms with E-state index in [1.54, 1.807) is 0 Å². The van der Waals surface area contributed by atoms with Crippen LogP contribution in [0.1, 0.15) is 6.42 Å². The van der Waals surface area contributed by atoms with Crippen molar-refractivity contribution in [2.45, 2.75) is 17.3 Å². The number of aliphatic carboxylic acids is 3. The molecule has 0 aliphatic rings. The maximum atomic E-state index is 10.9. The highest BCUT2D eigenvalue weighted by molar-refractivity contribution is 7.90. The van der Waals surface area contributed by atoms with E-state index in [2.05, 4.69) is 5.14 Å². The highest BCUT2D eigenvalue weighted by Gasteiger charge is 2.56. The summed E-state index contributed by atoms with van der Waals surface area (Å²) in [6.07, 6.45) is -1.63. The molecule has 0 fully saturated rings. The maximum absolute atomic E-state index is 10.9. The lowest BCUT2D eigenvalue weighted by Gasteiger charge is -2.26. The maximum Gasteiger partial charge on any atom is 0.338 e. The standard InChI is InChI=1S/C6H9NO9S/c7-17(15,16)3(4(10)11)6(14,5(12)13)1-2(8)9/h3,14H,1H2,(H,8,9)(H,10,11)(H,12,13)(H2,7,15,16). The molecule has 0 amide bonds. The van der Waals surface area contributed by atoms with Gasteiger partial charge in [-0.25, -0.2) is 18.4 Å². The number of hydrogen-bond donors (Lipinski definition) is 5. The van der Waals surface area contributed by atoms with Crippen molar-refractivity contribution in [3.05, 3.63) is 0 Å². The minimum atomic E-state index is -5.01. The fourth-order valence-corrected chi connectivity index (χ4v) is 2.14. The summed E-state index contributed by atoms with van der Waals surface area (Å²) in [5.41, 5.74) is -3.55. The van der Waals surface area contributed by atoms with Gasteiger partial charge >= 0.3 is 17.9 Å². The first-order chi connectivity index (χ1) is 7.43. The molecule has 10 nitrogen and oxygen atoms in total. The van der Waals surface area contributed by atoms with E-state index in [0.29, 0.717) is 0 Å². The van der Waals surface area contributed by atoms with Crippen LogP contribution < -0.4 is 5.14 Å². The SMILES string of the molecule is NS(=O)(=O)C(C(=O)O)C(O)(CC(=O)O)C(=O)O. The number of hydrogen-bond acceptors (Lipinski definition) is 6. The number of rotatable bonds is 6. The Labute approximate surface area is 94.3 Å². The van der Waals surface area contributed by atoms with Crippen LogP contribution in [0.4, 0.5) is 0 Å². The van der Waals surface area contributed by atoms with Crippen LogP contribution in [0.5, 0.6) is 0 Å². The molecule has 0 aliphatic heterocycles. The molecule has 0 spiro atoms. The third-order valence-corrected chi connectivity index (χ3v) is 3.03. The number of primary sulfonamides is 1. The smallest absolute Gasteiger partial charge is 0.338 e. The van der Waals surface area contributed by atoms with Crippen LogP contribution in [0, 0.1) is 0 Å². The normalized spacial score (nSPS) is 16.8. The van der Waals surface area contributed by atoms with Gasteiger partial charge in [0.05, 0.1) is 6.42 Å². The monoisotopic (exact) mass is 271 g/mol. The molecular formula is C6H9NO9S. The molecule has 0 rings (SSSR count). The van der Waals surface area contributed by atoms with E-state index in [1.807, 2.05) is 0 Å². The summed E-state index contributed by atoms with van der Waals surface area (Å²) in [4.78, 5) is 31.6. The Bertz CT molecular complexity index is 454. The Kier molecular flexibility index (Phi) is 4.18. The van der Waals surface area contributed by atoms with E-state index in [1.165, 1.54) is 0 Å². The number of aliphatic hydroxyl groups is 1. The quantitative estimate of drug-likeness (QED) is 0.335. The molecule has 2 atom stereocenters. The zero-order valence-electron chi connectivity index (χ0n) is 8.10. The lowest BCUT2D eigenvalue weighted by atomic mass is 9.95. The van der Waals surface area contributed by atoms with E-state index in [9.17, 15) is 27.9 Å². The minimum absolute atomic E-state index is 1.63. The molecule has 0 radical (unpaired) electrons. The molecule has 17 heavy (non-hydrogen) atoms. The number of sulfonamides is 1. The Morgan fingerprint density at radius 3 is 1.76 bits per heavy atom. The Balaban J connectivity index is 5.81. The van der Waals surface area contributed by atoms with Crippen LogP contribution in [0.3, 0.4) is 0 Å². The van der Waals surface area contributed by atoms with Crippen LogP contribution in [-0.2, 0) is 24.4 Å². The van der Waals surface area contributed by atoms with Crippen molar-refractivity contribution in [2.75, 3.05) is 0 Å².